The number of carbonyl (C=O) groups is 1. The Balaban J connectivity index is 1.68. The molecule has 0 fully saturated rings. The van der Waals surface area contributed by atoms with Gasteiger partial charge in [-0.15, -0.1) is 11.3 Å². The molecule has 3 nitrogen and oxygen atoms in total. The number of para-hydroxylation sites is 1. The highest BCUT2D eigenvalue weighted by atomic mass is 32.1. The average Bonchev–Trinajstić information content (AvgIpc) is 2.87. The lowest BCUT2D eigenvalue weighted by Gasteiger charge is -2.27. The molecule has 0 atom stereocenters. The van der Waals surface area contributed by atoms with Crippen LogP contribution in [0.1, 0.15) is 10.4 Å². The molecule has 18 heavy (non-hydrogen) atoms. The first kappa shape index (κ1) is 11.3. The number of thiophene rings is 1. The number of anilines is 1. The third-order valence-corrected chi connectivity index (χ3v) is 4.14. The molecule has 2 amide bonds. The molecule has 2 aromatic rings. The summed E-state index contributed by atoms with van der Waals surface area (Å²) in [4.78, 5) is 15.4. The van der Waals surface area contributed by atoms with Crippen molar-refractivity contribution in [3.63, 3.8) is 0 Å². The summed E-state index contributed by atoms with van der Waals surface area (Å²) < 4.78 is 0. The molecule has 0 saturated carbocycles. The van der Waals surface area contributed by atoms with Gasteiger partial charge in [0.25, 0.3) is 0 Å². The van der Waals surface area contributed by atoms with E-state index in [1.165, 1.54) is 10.4 Å². The number of rotatable bonds is 1. The number of carbonyl (C=O) groups excluding carboxylic acids is 1. The lowest BCUT2D eigenvalue weighted by Crippen LogP contribution is -2.38. The van der Waals surface area contributed by atoms with Crippen LogP contribution < -0.4 is 5.32 Å². The summed E-state index contributed by atoms with van der Waals surface area (Å²) in [5.74, 6) is 0. The third kappa shape index (κ3) is 2.24. The molecule has 2 heterocycles. The van der Waals surface area contributed by atoms with Gasteiger partial charge >= 0.3 is 6.03 Å². The number of benzene rings is 1. The van der Waals surface area contributed by atoms with Gasteiger partial charge in [0.15, 0.2) is 0 Å². The van der Waals surface area contributed by atoms with Crippen molar-refractivity contribution in [2.24, 2.45) is 0 Å². The maximum Gasteiger partial charge on any atom is 0.322 e. The topological polar surface area (TPSA) is 32.3 Å². The van der Waals surface area contributed by atoms with E-state index in [1.807, 2.05) is 35.2 Å². The molecule has 0 unspecified atom stereocenters. The summed E-state index contributed by atoms with van der Waals surface area (Å²) in [5, 5.41) is 5.03. The highest BCUT2D eigenvalue weighted by Gasteiger charge is 2.21. The summed E-state index contributed by atoms with van der Waals surface area (Å²) in [7, 11) is 0. The molecular formula is C14H14N2OS. The maximum absolute atomic E-state index is 12.1. The second-order valence-corrected chi connectivity index (χ2v) is 5.34. The van der Waals surface area contributed by atoms with Crippen LogP contribution >= 0.6 is 11.3 Å². The minimum absolute atomic E-state index is 0.0157. The maximum atomic E-state index is 12.1. The number of hydrogen-bond acceptors (Lipinski definition) is 2. The Kier molecular flexibility index (Phi) is 3.02. The van der Waals surface area contributed by atoms with Crippen molar-refractivity contribution in [3.05, 3.63) is 52.2 Å². The van der Waals surface area contributed by atoms with Crippen LogP contribution in [0, 0.1) is 0 Å². The van der Waals surface area contributed by atoms with Crippen LogP contribution in [-0.2, 0) is 13.0 Å². The van der Waals surface area contributed by atoms with Crippen LogP contribution in [0.25, 0.3) is 0 Å². The first-order valence-electron chi connectivity index (χ1n) is 5.99. The molecule has 1 N–H and O–H groups in total. The fourth-order valence-corrected chi connectivity index (χ4v) is 3.04. The molecule has 1 aliphatic rings. The van der Waals surface area contributed by atoms with Gasteiger partial charge in [0.05, 0.1) is 0 Å². The van der Waals surface area contributed by atoms with Gasteiger partial charge in [-0.05, 0) is 35.6 Å². The fraction of sp³-hybridized carbons (Fsp3) is 0.214. The number of amides is 2. The number of urea groups is 1. The van der Waals surface area contributed by atoms with E-state index in [2.05, 4.69) is 16.8 Å². The molecule has 0 spiro atoms. The molecule has 92 valence electrons. The molecule has 1 aromatic heterocycles. The minimum atomic E-state index is -0.0157. The standard InChI is InChI=1S/C14H14N2OS/c17-14(15-12-4-2-1-3-5-12)16-8-6-13-11(10-16)7-9-18-13/h1-5,7,9H,6,8,10H2,(H,15,17). The predicted molar refractivity (Wildman–Crippen MR) is 73.9 cm³/mol. The third-order valence-electron chi connectivity index (χ3n) is 3.12. The van der Waals surface area contributed by atoms with Crippen LogP contribution in [-0.4, -0.2) is 17.5 Å². The molecule has 1 aromatic carbocycles. The molecule has 1 aliphatic heterocycles. The SMILES string of the molecule is O=C(Nc1ccccc1)N1CCc2sccc2C1. The second-order valence-electron chi connectivity index (χ2n) is 4.34. The smallest absolute Gasteiger partial charge is 0.320 e. The number of nitrogens with one attached hydrogen (secondary N) is 1. The minimum Gasteiger partial charge on any atom is -0.320 e. The van der Waals surface area contributed by atoms with Crippen LogP contribution in [0.4, 0.5) is 10.5 Å². The Labute approximate surface area is 110 Å². The average molecular weight is 258 g/mol. The molecule has 0 saturated heterocycles. The second kappa shape index (κ2) is 4.82. The first-order valence-corrected chi connectivity index (χ1v) is 6.87. The summed E-state index contributed by atoms with van der Waals surface area (Å²) in [6.45, 7) is 1.52. The van der Waals surface area contributed by atoms with Gasteiger partial charge in [-0.2, -0.15) is 0 Å². The molecule has 0 bridgehead atoms. The van der Waals surface area contributed by atoms with E-state index >= 15 is 0 Å². The van der Waals surface area contributed by atoms with Crippen molar-refractivity contribution in [1.29, 1.82) is 0 Å². The Morgan fingerprint density at radius 2 is 2.06 bits per heavy atom. The zero-order valence-electron chi connectivity index (χ0n) is 9.93. The Morgan fingerprint density at radius 1 is 1.22 bits per heavy atom. The highest BCUT2D eigenvalue weighted by molar-refractivity contribution is 7.10. The van der Waals surface area contributed by atoms with Crippen molar-refractivity contribution in [2.75, 3.05) is 11.9 Å². The highest BCUT2D eigenvalue weighted by Crippen LogP contribution is 2.24. The van der Waals surface area contributed by atoms with Gasteiger partial charge in [0, 0.05) is 23.7 Å². The van der Waals surface area contributed by atoms with E-state index in [9.17, 15) is 4.79 Å². The van der Waals surface area contributed by atoms with Crippen LogP contribution in [0.15, 0.2) is 41.8 Å². The van der Waals surface area contributed by atoms with E-state index in [0.29, 0.717) is 0 Å². The van der Waals surface area contributed by atoms with Gasteiger partial charge in [-0.25, -0.2) is 4.79 Å². The fourth-order valence-electron chi connectivity index (χ4n) is 2.15. The Hall–Kier alpha value is -1.81. The number of nitrogens with zero attached hydrogens (tertiary/aromatic N) is 1. The van der Waals surface area contributed by atoms with Crippen LogP contribution in [0.5, 0.6) is 0 Å². The zero-order chi connectivity index (χ0) is 12.4. The van der Waals surface area contributed by atoms with Crippen LogP contribution in [0.2, 0.25) is 0 Å². The van der Waals surface area contributed by atoms with E-state index in [1.54, 1.807) is 11.3 Å². The summed E-state index contributed by atoms with van der Waals surface area (Å²) >= 11 is 1.78. The quantitative estimate of drug-likeness (QED) is 0.836. The molecule has 4 heteroatoms. The largest absolute Gasteiger partial charge is 0.322 e. The molecular weight excluding hydrogens is 244 g/mol. The van der Waals surface area contributed by atoms with E-state index in [0.717, 1.165) is 25.2 Å². The molecule has 0 radical (unpaired) electrons. The van der Waals surface area contributed by atoms with Gasteiger partial charge in [-0.3, -0.25) is 0 Å². The van der Waals surface area contributed by atoms with Crippen molar-refractivity contribution in [2.45, 2.75) is 13.0 Å². The number of hydrogen-bond donors (Lipinski definition) is 1. The van der Waals surface area contributed by atoms with Crippen LogP contribution in [0.3, 0.4) is 0 Å². The zero-order valence-corrected chi connectivity index (χ0v) is 10.7. The van der Waals surface area contributed by atoms with Gasteiger partial charge < -0.3 is 10.2 Å². The van der Waals surface area contributed by atoms with Gasteiger partial charge in [0.1, 0.15) is 0 Å². The number of fused-ring (bicyclic) bond motifs is 1. The van der Waals surface area contributed by atoms with Crippen molar-refractivity contribution in [1.82, 2.24) is 4.90 Å². The van der Waals surface area contributed by atoms with E-state index in [4.69, 9.17) is 0 Å². The van der Waals surface area contributed by atoms with E-state index in [-0.39, 0.29) is 6.03 Å². The molecule has 0 aliphatic carbocycles. The van der Waals surface area contributed by atoms with Crippen molar-refractivity contribution in [3.8, 4) is 0 Å². The predicted octanol–water partition coefficient (Wildman–Crippen LogP) is 3.34. The van der Waals surface area contributed by atoms with Gasteiger partial charge in [-0.1, -0.05) is 18.2 Å². The van der Waals surface area contributed by atoms with Crippen molar-refractivity contribution < 1.29 is 4.79 Å². The van der Waals surface area contributed by atoms with Gasteiger partial charge in [0.2, 0.25) is 0 Å². The van der Waals surface area contributed by atoms with E-state index < -0.39 is 0 Å². The molecule has 3 rings (SSSR count). The Bertz CT molecular complexity index is 550. The lowest BCUT2D eigenvalue weighted by molar-refractivity contribution is 0.207. The monoisotopic (exact) mass is 258 g/mol. The van der Waals surface area contributed by atoms with Crippen molar-refractivity contribution >= 4 is 23.1 Å². The summed E-state index contributed by atoms with van der Waals surface area (Å²) in [6, 6.07) is 11.7. The first-order chi connectivity index (χ1) is 8.83. The Morgan fingerprint density at radius 3 is 2.89 bits per heavy atom. The summed E-state index contributed by atoms with van der Waals surface area (Å²) in [6.07, 6.45) is 0.967. The lowest BCUT2D eigenvalue weighted by atomic mass is 10.1. The normalized spacial score (nSPS) is 14.1. The summed E-state index contributed by atoms with van der Waals surface area (Å²) in [5.41, 5.74) is 2.13.